The summed E-state index contributed by atoms with van der Waals surface area (Å²) in [6.07, 6.45) is 7.06. The van der Waals surface area contributed by atoms with Gasteiger partial charge in [0.2, 0.25) is 0 Å². The summed E-state index contributed by atoms with van der Waals surface area (Å²) in [7, 11) is 1.47. The molecule has 2 aliphatic heterocycles. The van der Waals surface area contributed by atoms with Crippen molar-refractivity contribution in [1.29, 1.82) is 0 Å². The van der Waals surface area contributed by atoms with Crippen LogP contribution in [-0.4, -0.2) is 44.8 Å². The monoisotopic (exact) mass is 329 g/mol. The molecule has 0 bridgehead atoms. The lowest BCUT2D eigenvalue weighted by atomic mass is 9.83. The molecule has 4 rings (SSSR count). The highest BCUT2D eigenvalue weighted by Gasteiger charge is 2.39. The number of ether oxygens (including phenoxy) is 1. The molecule has 0 unspecified atom stereocenters. The predicted octanol–water partition coefficient (Wildman–Crippen LogP) is 2.09. The fraction of sp³-hybridized carbons (Fsp3) is 0.632. The minimum absolute atomic E-state index is 0.0647. The molecule has 1 aromatic rings. The third kappa shape index (κ3) is 2.86. The number of aryl methyl sites for hydroxylation is 2. The molecule has 130 valence electrons. The maximum absolute atomic E-state index is 12.0. The summed E-state index contributed by atoms with van der Waals surface area (Å²) in [4.78, 5) is 14.2. The number of carbonyl (C=O) groups excluding carboxylic acids is 1. The number of esters is 1. The Morgan fingerprint density at radius 1 is 1.21 bits per heavy atom. The van der Waals surface area contributed by atoms with Gasteiger partial charge in [-0.05, 0) is 74.9 Å². The zero-order valence-electron chi connectivity index (χ0n) is 14.5. The minimum Gasteiger partial charge on any atom is -0.468 e. The number of carbonyl (C=O) groups is 1. The Hall–Kier alpha value is -1.75. The van der Waals surface area contributed by atoms with E-state index in [4.69, 9.17) is 4.74 Å². The van der Waals surface area contributed by atoms with E-state index in [1.165, 1.54) is 48.9 Å². The van der Waals surface area contributed by atoms with Gasteiger partial charge in [0.15, 0.2) is 0 Å². The highest BCUT2D eigenvalue weighted by atomic mass is 16.5. The number of piperidine rings is 1. The highest BCUT2D eigenvalue weighted by Crippen LogP contribution is 2.41. The third-order valence-electron chi connectivity index (χ3n) is 5.80. The zero-order valence-corrected chi connectivity index (χ0v) is 14.5. The van der Waals surface area contributed by atoms with Gasteiger partial charge in [0.1, 0.15) is 6.54 Å². The van der Waals surface area contributed by atoms with Gasteiger partial charge in [-0.1, -0.05) is 0 Å². The van der Waals surface area contributed by atoms with E-state index in [9.17, 15) is 4.79 Å². The largest absolute Gasteiger partial charge is 0.468 e. The predicted molar refractivity (Wildman–Crippen MR) is 95.8 cm³/mol. The lowest BCUT2D eigenvalue weighted by Gasteiger charge is -2.48. The smallest absolute Gasteiger partial charge is 0.325 e. The summed E-state index contributed by atoms with van der Waals surface area (Å²) >= 11 is 0. The summed E-state index contributed by atoms with van der Waals surface area (Å²) in [5, 5.41) is 7.30. The van der Waals surface area contributed by atoms with Crippen molar-refractivity contribution in [1.82, 2.24) is 5.32 Å². The molecule has 5 nitrogen and oxygen atoms in total. The van der Waals surface area contributed by atoms with Crippen molar-refractivity contribution in [2.75, 3.05) is 43.5 Å². The number of rotatable bonds is 2. The first-order valence-corrected chi connectivity index (χ1v) is 9.16. The molecule has 2 heterocycles. The van der Waals surface area contributed by atoms with Crippen LogP contribution < -0.4 is 15.5 Å². The molecule has 24 heavy (non-hydrogen) atoms. The number of hydrogen-bond donors (Lipinski definition) is 2. The summed E-state index contributed by atoms with van der Waals surface area (Å²) in [6, 6.07) is 4.66. The van der Waals surface area contributed by atoms with Crippen LogP contribution >= 0.6 is 0 Å². The van der Waals surface area contributed by atoms with Gasteiger partial charge in [-0.25, -0.2) is 0 Å². The Morgan fingerprint density at radius 2 is 1.92 bits per heavy atom. The van der Waals surface area contributed by atoms with Gasteiger partial charge in [0.05, 0.1) is 24.0 Å². The van der Waals surface area contributed by atoms with Crippen LogP contribution in [0.1, 0.15) is 36.8 Å². The molecule has 0 radical (unpaired) electrons. The van der Waals surface area contributed by atoms with Crippen molar-refractivity contribution in [3.63, 3.8) is 0 Å². The lowest BCUT2D eigenvalue weighted by molar-refractivity contribution is -0.139. The van der Waals surface area contributed by atoms with Gasteiger partial charge in [-0.3, -0.25) is 4.79 Å². The number of nitrogens with one attached hydrogen (secondary N) is 2. The molecule has 5 heteroatoms. The summed E-state index contributed by atoms with van der Waals surface area (Å²) < 4.78 is 4.94. The van der Waals surface area contributed by atoms with Crippen molar-refractivity contribution in [2.24, 2.45) is 0 Å². The molecule has 1 aromatic carbocycles. The van der Waals surface area contributed by atoms with Gasteiger partial charge in [0, 0.05) is 6.54 Å². The van der Waals surface area contributed by atoms with Gasteiger partial charge in [-0.2, -0.15) is 0 Å². The molecule has 0 amide bonds. The number of anilines is 2. The van der Waals surface area contributed by atoms with E-state index in [2.05, 4.69) is 27.7 Å². The summed E-state index contributed by atoms with van der Waals surface area (Å²) in [5.74, 6) is -0.162. The highest BCUT2D eigenvalue weighted by molar-refractivity contribution is 5.82. The van der Waals surface area contributed by atoms with Gasteiger partial charge in [-0.15, -0.1) is 0 Å². The van der Waals surface area contributed by atoms with E-state index in [-0.39, 0.29) is 11.5 Å². The quantitative estimate of drug-likeness (QED) is 0.814. The Morgan fingerprint density at radius 3 is 2.62 bits per heavy atom. The van der Waals surface area contributed by atoms with Crippen molar-refractivity contribution < 1.29 is 9.53 Å². The first kappa shape index (κ1) is 15.8. The molecule has 0 atom stereocenters. The number of methoxy groups -OCH3 is 1. The minimum atomic E-state index is -0.162. The molecule has 1 fully saturated rings. The topological polar surface area (TPSA) is 53.6 Å². The lowest BCUT2D eigenvalue weighted by Crippen LogP contribution is -2.58. The van der Waals surface area contributed by atoms with E-state index in [0.29, 0.717) is 6.54 Å². The molecule has 1 aliphatic carbocycles. The maximum Gasteiger partial charge on any atom is 0.325 e. The number of nitrogens with zero attached hydrogens (tertiary/aromatic N) is 1. The number of hydrogen-bond acceptors (Lipinski definition) is 5. The average Bonchev–Trinajstić information content (AvgIpc) is 2.61. The maximum atomic E-state index is 12.0. The van der Waals surface area contributed by atoms with Crippen LogP contribution in [0.3, 0.4) is 0 Å². The van der Waals surface area contributed by atoms with Crippen LogP contribution in [0.15, 0.2) is 12.1 Å². The van der Waals surface area contributed by atoms with Gasteiger partial charge >= 0.3 is 5.97 Å². The Bertz CT molecular complexity index is 638. The second-order valence-electron chi connectivity index (χ2n) is 7.43. The van der Waals surface area contributed by atoms with Crippen LogP contribution in [0.2, 0.25) is 0 Å². The van der Waals surface area contributed by atoms with E-state index < -0.39 is 0 Å². The Kier molecular flexibility index (Phi) is 4.12. The average molecular weight is 329 g/mol. The fourth-order valence-electron chi connectivity index (χ4n) is 4.46. The zero-order chi connectivity index (χ0) is 16.6. The summed E-state index contributed by atoms with van der Waals surface area (Å²) in [6.45, 7) is 3.26. The Balaban J connectivity index is 1.71. The first-order chi connectivity index (χ1) is 11.7. The molecule has 1 saturated heterocycles. The fourth-order valence-corrected chi connectivity index (χ4v) is 4.46. The van der Waals surface area contributed by atoms with Crippen molar-refractivity contribution in [3.05, 3.63) is 23.3 Å². The third-order valence-corrected chi connectivity index (χ3v) is 5.80. The summed E-state index contributed by atoms with van der Waals surface area (Å²) in [5.41, 5.74) is 5.38. The molecule has 0 saturated carbocycles. The molecule has 2 N–H and O–H groups in total. The van der Waals surface area contributed by atoms with Crippen molar-refractivity contribution in [3.8, 4) is 0 Å². The second kappa shape index (κ2) is 6.28. The van der Waals surface area contributed by atoms with E-state index >= 15 is 0 Å². The van der Waals surface area contributed by atoms with Gasteiger partial charge in [0.25, 0.3) is 0 Å². The van der Waals surface area contributed by atoms with Crippen molar-refractivity contribution in [2.45, 2.75) is 44.1 Å². The van der Waals surface area contributed by atoms with Crippen LogP contribution in [0.5, 0.6) is 0 Å². The van der Waals surface area contributed by atoms with E-state index in [0.717, 1.165) is 38.9 Å². The van der Waals surface area contributed by atoms with Crippen LogP contribution in [0.4, 0.5) is 11.4 Å². The van der Waals surface area contributed by atoms with Gasteiger partial charge < -0.3 is 20.3 Å². The Labute approximate surface area is 143 Å². The molecule has 3 aliphatic rings. The standard InChI is InChI=1S/C19H27N3O2/c1-24-18(23)12-22-13-19(6-8-20-9-7-19)21-16-10-14-4-2-3-5-15(14)11-17(16)22/h10-11,20-21H,2-9,12-13H2,1H3. The second-order valence-corrected chi connectivity index (χ2v) is 7.43. The van der Waals surface area contributed by atoms with E-state index in [1.807, 2.05) is 0 Å². The number of benzene rings is 1. The van der Waals surface area contributed by atoms with E-state index in [1.54, 1.807) is 0 Å². The molecular weight excluding hydrogens is 302 g/mol. The van der Waals surface area contributed by atoms with Crippen LogP contribution in [-0.2, 0) is 22.4 Å². The first-order valence-electron chi connectivity index (χ1n) is 9.16. The van der Waals surface area contributed by atoms with Crippen LogP contribution in [0.25, 0.3) is 0 Å². The molecular formula is C19H27N3O2. The molecule has 1 spiro atoms. The SMILES string of the molecule is COC(=O)CN1CC2(CCNCC2)Nc2cc3c(cc21)CCCC3. The number of fused-ring (bicyclic) bond motifs is 2. The van der Waals surface area contributed by atoms with Crippen LogP contribution in [0, 0.1) is 0 Å². The normalized spacial score (nSPS) is 21.6. The molecule has 0 aromatic heterocycles. The van der Waals surface area contributed by atoms with Crippen molar-refractivity contribution >= 4 is 17.3 Å².